The molecule has 7 nitrogen and oxygen atoms in total. The lowest BCUT2D eigenvalue weighted by Crippen LogP contribution is -2.42. The van der Waals surface area contributed by atoms with Gasteiger partial charge in [-0.05, 0) is 31.7 Å². The third-order valence-electron chi connectivity index (χ3n) is 4.26. The lowest BCUT2D eigenvalue weighted by atomic mass is 9.81. The molecule has 8 heteroatoms. The highest BCUT2D eigenvalue weighted by atomic mass is 32.2. The second-order valence-corrected chi connectivity index (χ2v) is 8.36. The third kappa shape index (κ3) is 3.12. The number of anilines is 1. The highest BCUT2D eigenvalue weighted by Crippen LogP contribution is 2.31. The molecule has 1 aliphatic rings. The quantitative estimate of drug-likeness (QED) is 0.838. The average molecular weight is 301 g/mol. The molecule has 2 rings (SSSR count). The number of sulfone groups is 1. The van der Waals surface area contributed by atoms with Gasteiger partial charge in [0.15, 0.2) is 9.84 Å². The Kier molecular flexibility index (Phi) is 4.06. The van der Waals surface area contributed by atoms with Crippen LogP contribution in [0.4, 0.5) is 5.95 Å². The first-order valence-electron chi connectivity index (χ1n) is 6.81. The van der Waals surface area contributed by atoms with E-state index in [1.54, 1.807) is 6.92 Å². The maximum absolute atomic E-state index is 11.5. The number of aromatic amines is 1. The molecule has 1 aromatic rings. The highest BCUT2D eigenvalue weighted by Gasteiger charge is 2.30. The summed E-state index contributed by atoms with van der Waals surface area (Å²) in [4.78, 5) is 6.40. The number of rotatable bonds is 4. The topological polar surface area (TPSA) is 105 Å². The molecular weight excluding hydrogens is 278 g/mol. The zero-order valence-corrected chi connectivity index (χ0v) is 13.1. The Morgan fingerprint density at radius 1 is 1.45 bits per heavy atom. The molecule has 0 spiro atoms. The second kappa shape index (κ2) is 5.33. The number of hydrogen-bond donors (Lipinski definition) is 2. The van der Waals surface area contributed by atoms with E-state index in [4.69, 9.17) is 5.73 Å². The summed E-state index contributed by atoms with van der Waals surface area (Å²) in [5, 5.41) is 6.22. The van der Waals surface area contributed by atoms with Gasteiger partial charge in [-0.25, -0.2) is 8.42 Å². The number of piperidine rings is 1. The van der Waals surface area contributed by atoms with Crippen LogP contribution in [0.25, 0.3) is 0 Å². The van der Waals surface area contributed by atoms with Gasteiger partial charge in [-0.2, -0.15) is 4.98 Å². The molecular formula is C12H23N5O2S. The van der Waals surface area contributed by atoms with Crippen LogP contribution in [0.3, 0.4) is 0 Å². The molecule has 1 aliphatic heterocycles. The molecule has 0 saturated carbocycles. The Hall–Kier alpha value is -1.15. The number of nitrogens with one attached hydrogen (secondary N) is 1. The van der Waals surface area contributed by atoms with Crippen LogP contribution in [-0.2, 0) is 9.84 Å². The summed E-state index contributed by atoms with van der Waals surface area (Å²) in [6.45, 7) is 6.18. The van der Waals surface area contributed by atoms with Gasteiger partial charge in [0, 0.05) is 19.3 Å². The van der Waals surface area contributed by atoms with Crippen LogP contribution in [0.2, 0.25) is 0 Å². The standard InChI is InChI=1S/C12H23N5O2S/c1-9(20(3,18)19)10-14-11(16-15-10)17-6-4-12(2,8-13)5-7-17/h9H,4-8,13H2,1-3H3,(H,14,15,16). The van der Waals surface area contributed by atoms with Crippen molar-refractivity contribution in [2.75, 3.05) is 30.8 Å². The SMILES string of the molecule is CC(c1nc(N2CCC(C)(CN)CC2)n[nH]1)S(C)(=O)=O. The van der Waals surface area contributed by atoms with E-state index in [-0.39, 0.29) is 5.41 Å². The van der Waals surface area contributed by atoms with Gasteiger partial charge in [0.05, 0.1) is 0 Å². The van der Waals surface area contributed by atoms with Crippen molar-refractivity contribution in [2.24, 2.45) is 11.1 Å². The summed E-state index contributed by atoms with van der Waals surface area (Å²) in [6, 6.07) is 0. The van der Waals surface area contributed by atoms with Crippen LogP contribution in [0.5, 0.6) is 0 Å². The first-order valence-corrected chi connectivity index (χ1v) is 8.77. The number of H-pyrrole nitrogens is 1. The fourth-order valence-corrected chi connectivity index (χ4v) is 2.75. The van der Waals surface area contributed by atoms with Crippen molar-refractivity contribution in [3.63, 3.8) is 0 Å². The molecule has 3 N–H and O–H groups in total. The Bertz CT molecular complexity index is 560. The molecule has 114 valence electrons. The highest BCUT2D eigenvalue weighted by molar-refractivity contribution is 7.90. The van der Waals surface area contributed by atoms with E-state index in [1.807, 2.05) is 0 Å². The van der Waals surface area contributed by atoms with Crippen molar-refractivity contribution in [3.05, 3.63) is 5.82 Å². The average Bonchev–Trinajstić information content (AvgIpc) is 2.87. The fraction of sp³-hybridized carbons (Fsp3) is 0.833. The van der Waals surface area contributed by atoms with Gasteiger partial charge >= 0.3 is 0 Å². The molecule has 0 radical (unpaired) electrons. The zero-order valence-electron chi connectivity index (χ0n) is 12.3. The maximum Gasteiger partial charge on any atom is 0.244 e. The number of aromatic nitrogens is 3. The maximum atomic E-state index is 11.5. The molecule has 0 aromatic carbocycles. The molecule has 0 amide bonds. The predicted molar refractivity (Wildman–Crippen MR) is 78.2 cm³/mol. The molecule has 1 unspecified atom stereocenters. The van der Waals surface area contributed by atoms with Gasteiger partial charge in [-0.1, -0.05) is 6.92 Å². The van der Waals surface area contributed by atoms with E-state index in [0.717, 1.165) is 25.9 Å². The molecule has 2 heterocycles. The van der Waals surface area contributed by atoms with Gasteiger partial charge in [-0.3, -0.25) is 5.10 Å². The smallest absolute Gasteiger partial charge is 0.244 e. The van der Waals surface area contributed by atoms with Gasteiger partial charge in [0.1, 0.15) is 11.1 Å². The summed E-state index contributed by atoms with van der Waals surface area (Å²) in [5.41, 5.74) is 5.98. The van der Waals surface area contributed by atoms with Crippen LogP contribution in [0.1, 0.15) is 37.8 Å². The third-order valence-corrected chi connectivity index (χ3v) is 5.77. The summed E-state index contributed by atoms with van der Waals surface area (Å²) in [7, 11) is -3.16. The molecule has 1 atom stereocenters. The van der Waals surface area contributed by atoms with E-state index in [1.165, 1.54) is 6.26 Å². The molecule has 0 bridgehead atoms. The minimum Gasteiger partial charge on any atom is -0.340 e. The Balaban J connectivity index is 2.08. The number of nitrogens with two attached hydrogens (primary N) is 1. The minimum absolute atomic E-state index is 0.190. The first-order chi connectivity index (χ1) is 9.25. The van der Waals surface area contributed by atoms with E-state index < -0.39 is 15.1 Å². The van der Waals surface area contributed by atoms with Crippen molar-refractivity contribution in [1.29, 1.82) is 0 Å². The van der Waals surface area contributed by atoms with Gasteiger partial charge in [0.2, 0.25) is 5.95 Å². The van der Waals surface area contributed by atoms with Crippen LogP contribution in [-0.4, -0.2) is 49.5 Å². The zero-order chi connectivity index (χ0) is 15.0. The van der Waals surface area contributed by atoms with E-state index in [0.29, 0.717) is 18.3 Å². The molecule has 1 aromatic heterocycles. The molecule has 20 heavy (non-hydrogen) atoms. The summed E-state index contributed by atoms with van der Waals surface area (Å²) >= 11 is 0. The minimum atomic E-state index is -3.16. The fourth-order valence-electron chi connectivity index (χ4n) is 2.24. The lowest BCUT2D eigenvalue weighted by Gasteiger charge is -2.38. The van der Waals surface area contributed by atoms with Crippen molar-refractivity contribution < 1.29 is 8.42 Å². The second-order valence-electron chi connectivity index (χ2n) is 5.99. The number of nitrogens with zero attached hydrogens (tertiary/aromatic N) is 3. The van der Waals surface area contributed by atoms with Gasteiger partial charge in [0.25, 0.3) is 0 Å². The van der Waals surface area contributed by atoms with Gasteiger partial charge < -0.3 is 10.6 Å². The Morgan fingerprint density at radius 2 is 2.05 bits per heavy atom. The Labute approximate surface area is 119 Å². The van der Waals surface area contributed by atoms with E-state index >= 15 is 0 Å². The monoisotopic (exact) mass is 301 g/mol. The van der Waals surface area contributed by atoms with Crippen LogP contribution in [0, 0.1) is 5.41 Å². The van der Waals surface area contributed by atoms with E-state index in [9.17, 15) is 8.42 Å². The van der Waals surface area contributed by atoms with Gasteiger partial charge in [-0.15, -0.1) is 5.10 Å². The summed E-state index contributed by atoms with van der Waals surface area (Å²) in [5.74, 6) is 0.976. The van der Waals surface area contributed by atoms with Crippen molar-refractivity contribution in [2.45, 2.75) is 31.9 Å². The summed E-state index contributed by atoms with van der Waals surface area (Å²) in [6.07, 6.45) is 3.19. The van der Waals surface area contributed by atoms with Crippen LogP contribution in [0.15, 0.2) is 0 Å². The number of hydrogen-bond acceptors (Lipinski definition) is 6. The summed E-state index contributed by atoms with van der Waals surface area (Å²) < 4.78 is 23.1. The Morgan fingerprint density at radius 3 is 2.55 bits per heavy atom. The van der Waals surface area contributed by atoms with Crippen molar-refractivity contribution >= 4 is 15.8 Å². The first kappa shape index (κ1) is 15.2. The lowest BCUT2D eigenvalue weighted by molar-refractivity contribution is 0.257. The van der Waals surface area contributed by atoms with E-state index in [2.05, 4.69) is 27.0 Å². The molecule has 1 fully saturated rings. The van der Waals surface area contributed by atoms with Crippen molar-refractivity contribution in [1.82, 2.24) is 15.2 Å². The molecule has 1 saturated heterocycles. The normalized spacial score (nSPS) is 20.9. The molecule has 0 aliphatic carbocycles. The van der Waals surface area contributed by atoms with Crippen LogP contribution < -0.4 is 10.6 Å². The predicted octanol–water partition coefficient (Wildman–Crippen LogP) is 0.476. The largest absolute Gasteiger partial charge is 0.340 e. The van der Waals surface area contributed by atoms with Crippen LogP contribution >= 0.6 is 0 Å². The van der Waals surface area contributed by atoms with Crippen molar-refractivity contribution in [3.8, 4) is 0 Å².